The van der Waals surface area contributed by atoms with Crippen LogP contribution in [-0.2, 0) is 6.54 Å². The van der Waals surface area contributed by atoms with E-state index in [0.29, 0.717) is 34.9 Å². The van der Waals surface area contributed by atoms with E-state index in [1.807, 2.05) is 41.9 Å². The monoisotopic (exact) mass is 510 g/mol. The van der Waals surface area contributed by atoms with Gasteiger partial charge in [-0.25, -0.2) is 15.0 Å². The number of benzene rings is 2. The highest BCUT2D eigenvalue weighted by Gasteiger charge is 2.15. The Morgan fingerprint density at radius 1 is 1.14 bits per heavy atom. The summed E-state index contributed by atoms with van der Waals surface area (Å²) in [5.74, 6) is 0.847. The Kier molecular flexibility index (Phi) is 5.57. The summed E-state index contributed by atoms with van der Waals surface area (Å²) in [6.07, 6.45) is 5.60. The Bertz CT molecular complexity index is 1750. The number of hydrogen-bond donors (Lipinski definition) is 3. The Morgan fingerprint density at radius 2 is 2.03 bits per heavy atom. The first-order chi connectivity index (χ1) is 18.0. The number of ether oxygens (including phenoxy) is 1. The van der Waals surface area contributed by atoms with E-state index in [1.54, 1.807) is 55.0 Å². The van der Waals surface area contributed by atoms with E-state index in [1.165, 1.54) is 4.88 Å². The molecule has 1 amide bonds. The van der Waals surface area contributed by atoms with Gasteiger partial charge in [0.05, 0.1) is 35.9 Å². The summed E-state index contributed by atoms with van der Waals surface area (Å²) in [4.78, 5) is 31.6. The van der Waals surface area contributed by atoms with Crippen LogP contribution in [0.5, 0.6) is 11.6 Å². The van der Waals surface area contributed by atoms with Crippen LogP contribution in [0.4, 0.5) is 0 Å². The number of carbonyl (C=O) groups is 1. The van der Waals surface area contributed by atoms with Crippen LogP contribution >= 0.6 is 11.3 Å². The third-order valence-electron chi connectivity index (χ3n) is 6.02. The number of carbonyl (C=O) groups excluding carboxylic acids is 1. The number of nitrogens with zero attached hydrogens (tertiary/aromatic N) is 4. The number of phenolic OH excluding ortho intramolecular Hbond substituents is 1. The average molecular weight is 511 g/mol. The van der Waals surface area contributed by atoms with Crippen molar-refractivity contribution in [3.63, 3.8) is 0 Å². The summed E-state index contributed by atoms with van der Waals surface area (Å²) in [6.45, 7) is 2.36. The van der Waals surface area contributed by atoms with Gasteiger partial charge in [0.1, 0.15) is 11.6 Å². The van der Waals surface area contributed by atoms with E-state index >= 15 is 0 Å². The van der Waals surface area contributed by atoms with Crippen LogP contribution in [-0.4, -0.2) is 42.5 Å². The molecule has 2 aromatic carbocycles. The molecule has 0 atom stereocenters. The lowest BCUT2D eigenvalue weighted by Gasteiger charge is -2.09. The van der Waals surface area contributed by atoms with E-state index in [9.17, 15) is 9.90 Å². The van der Waals surface area contributed by atoms with Crippen molar-refractivity contribution in [1.82, 2.24) is 29.7 Å². The molecule has 37 heavy (non-hydrogen) atoms. The van der Waals surface area contributed by atoms with Gasteiger partial charge in [-0.1, -0.05) is 6.07 Å². The number of H-pyrrole nitrogens is 1. The molecule has 0 aliphatic carbocycles. The van der Waals surface area contributed by atoms with Crippen molar-refractivity contribution in [3.8, 4) is 34.1 Å². The maximum atomic E-state index is 12.8. The van der Waals surface area contributed by atoms with E-state index in [2.05, 4.69) is 25.3 Å². The molecule has 0 saturated heterocycles. The summed E-state index contributed by atoms with van der Waals surface area (Å²) in [5.41, 5.74) is 4.80. The molecule has 0 spiro atoms. The normalized spacial score (nSPS) is 11.3. The smallest absolute Gasteiger partial charge is 0.251 e. The van der Waals surface area contributed by atoms with Gasteiger partial charge in [0.15, 0.2) is 4.96 Å². The molecule has 0 aliphatic rings. The van der Waals surface area contributed by atoms with Gasteiger partial charge in [-0.05, 0) is 55.0 Å². The molecule has 184 valence electrons. The zero-order valence-corrected chi connectivity index (χ0v) is 20.8. The molecule has 4 aromatic heterocycles. The van der Waals surface area contributed by atoms with Gasteiger partial charge in [-0.3, -0.25) is 9.20 Å². The molecular weight excluding hydrogens is 488 g/mol. The molecule has 0 unspecified atom stereocenters. The van der Waals surface area contributed by atoms with Crippen molar-refractivity contribution >= 4 is 33.2 Å². The number of phenols is 1. The second kappa shape index (κ2) is 9.07. The highest BCUT2D eigenvalue weighted by Crippen LogP contribution is 2.35. The van der Waals surface area contributed by atoms with Crippen LogP contribution in [0.25, 0.3) is 38.5 Å². The van der Waals surface area contributed by atoms with Gasteiger partial charge in [0, 0.05) is 34.6 Å². The fourth-order valence-corrected chi connectivity index (χ4v) is 5.09. The third-order valence-corrected chi connectivity index (χ3v) is 6.94. The lowest BCUT2D eigenvalue weighted by molar-refractivity contribution is 0.0950. The maximum Gasteiger partial charge on any atom is 0.251 e. The lowest BCUT2D eigenvalue weighted by atomic mass is 10.0. The second-order valence-electron chi connectivity index (χ2n) is 8.56. The quantitative estimate of drug-likeness (QED) is 0.292. The summed E-state index contributed by atoms with van der Waals surface area (Å²) < 4.78 is 7.35. The Morgan fingerprint density at radius 3 is 2.86 bits per heavy atom. The van der Waals surface area contributed by atoms with E-state index in [-0.39, 0.29) is 11.7 Å². The van der Waals surface area contributed by atoms with Crippen molar-refractivity contribution in [3.05, 3.63) is 83.3 Å². The van der Waals surface area contributed by atoms with Gasteiger partial charge in [0.25, 0.3) is 5.91 Å². The molecule has 0 saturated carbocycles. The maximum absolute atomic E-state index is 12.8. The number of imidazole rings is 2. The largest absolute Gasteiger partial charge is 0.507 e. The first kappa shape index (κ1) is 22.7. The lowest BCUT2D eigenvalue weighted by Crippen LogP contribution is -2.22. The van der Waals surface area contributed by atoms with Crippen LogP contribution < -0.4 is 10.1 Å². The minimum absolute atomic E-state index is 0.0822. The standard InChI is InChI=1S/C27H22N6O3S/c1-15-13-33-14-18(30-27(33)37-15)12-29-25(35)17-5-7-21-22(11-17)32-24(31-21)20-10-16(6-8-23(20)34)19-4-3-9-28-26(19)36-2/h3-11,13-14,34H,12H2,1-2H3,(H,29,35)(H,31,32). The van der Waals surface area contributed by atoms with E-state index in [4.69, 9.17) is 4.74 Å². The number of fused-ring (bicyclic) bond motifs is 2. The number of amides is 1. The van der Waals surface area contributed by atoms with Crippen molar-refractivity contribution in [2.45, 2.75) is 13.5 Å². The van der Waals surface area contributed by atoms with Crippen molar-refractivity contribution in [2.24, 2.45) is 0 Å². The zero-order valence-electron chi connectivity index (χ0n) is 20.0. The number of aryl methyl sites for hydroxylation is 1. The van der Waals surface area contributed by atoms with Gasteiger partial charge in [0.2, 0.25) is 5.88 Å². The molecule has 9 nitrogen and oxygen atoms in total. The molecule has 6 aromatic rings. The molecule has 0 aliphatic heterocycles. The number of nitrogens with one attached hydrogen (secondary N) is 2. The van der Waals surface area contributed by atoms with Crippen molar-refractivity contribution < 1.29 is 14.6 Å². The summed E-state index contributed by atoms with van der Waals surface area (Å²) in [7, 11) is 1.57. The summed E-state index contributed by atoms with van der Waals surface area (Å²) in [5, 5.41) is 13.5. The van der Waals surface area contributed by atoms with Crippen molar-refractivity contribution in [2.75, 3.05) is 7.11 Å². The van der Waals surface area contributed by atoms with Gasteiger partial charge >= 0.3 is 0 Å². The Hall–Kier alpha value is -4.70. The number of aromatic hydroxyl groups is 1. The summed E-state index contributed by atoms with van der Waals surface area (Å²) in [6, 6.07) is 14.3. The van der Waals surface area contributed by atoms with E-state index < -0.39 is 0 Å². The number of aromatic nitrogens is 5. The minimum atomic E-state index is -0.215. The fourth-order valence-electron chi connectivity index (χ4n) is 4.26. The van der Waals surface area contributed by atoms with E-state index in [0.717, 1.165) is 27.3 Å². The molecule has 0 bridgehead atoms. The topological polar surface area (TPSA) is 117 Å². The predicted molar refractivity (Wildman–Crippen MR) is 142 cm³/mol. The zero-order chi connectivity index (χ0) is 25.5. The SMILES string of the molecule is COc1ncccc1-c1ccc(O)c(-c2nc3cc(C(=O)NCc4cn5cc(C)sc5n4)ccc3[nH]2)c1. The molecule has 4 heterocycles. The number of thiazole rings is 1. The van der Waals surface area contributed by atoms with Gasteiger partial charge in [-0.2, -0.15) is 0 Å². The number of pyridine rings is 1. The highest BCUT2D eigenvalue weighted by molar-refractivity contribution is 7.16. The van der Waals surface area contributed by atoms with Crippen LogP contribution in [0.1, 0.15) is 20.9 Å². The average Bonchev–Trinajstić information content (AvgIpc) is 3.59. The fraction of sp³-hybridized carbons (Fsp3) is 0.111. The molecule has 0 radical (unpaired) electrons. The first-order valence-corrected chi connectivity index (χ1v) is 12.3. The number of rotatable bonds is 6. The Balaban J connectivity index is 1.25. The summed E-state index contributed by atoms with van der Waals surface area (Å²) >= 11 is 1.61. The van der Waals surface area contributed by atoms with Gasteiger partial charge in [-0.15, -0.1) is 11.3 Å². The van der Waals surface area contributed by atoms with Crippen LogP contribution in [0.15, 0.2) is 67.1 Å². The van der Waals surface area contributed by atoms with Crippen LogP contribution in [0.3, 0.4) is 0 Å². The number of hydrogen-bond acceptors (Lipinski definition) is 7. The number of aromatic amines is 1. The highest BCUT2D eigenvalue weighted by atomic mass is 32.1. The van der Waals surface area contributed by atoms with Crippen molar-refractivity contribution in [1.29, 1.82) is 0 Å². The third kappa shape index (κ3) is 4.27. The molecule has 10 heteroatoms. The predicted octanol–water partition coefficient (Wildman–Crippen LogP) is 4.95. The van der Waals surface area contributed by atoms with Crippen LogP contribution in [0, 0.1) is 6.92 Å². The van der Waals surface area contributed by atoms with Crippen LogP contribution in [0.2, 0.25) is 0 Å². The molecule has 0 fully saturated rings. The molecule has 3 N–H and O–H groups in total. The Labute approximate surface area is 215 Å². The molecule has 6 rings (SSSR count). The first-order valence-electron chi connectivity index (χ1n) is 11.5. The van der Waals surface area contributed by atoms with Gasteiger partial charge < -0.3 is 20.1 Å². The molecular formula is C27H22N6O3S. The minimum Gasteiger partial charge on any atom is -0.507 e. The second-order valence-corrected chi connectivity index (χ2v) is 9.77. The number of methoxy groups -OCH3 is 1.